The first-order chi connectivity index (χ1) is 6.41. The van der Waals surface area contributed by atoms with Crippen LogP contribution in [0, 0.1) is 6.92 Å². The van der Waals surface area contributed by atoms with E-state index in [1.165, 1.54) is 6.20 Å². The van der Waals surface area contributed by atoms with E-state index in [0.717, 1.165) is 5.56 Å². The van der Waals surface area contributed by atoms with Gasteiger partial charge in [-0.1, -0.05) is 6.07 Å². The number of alkyl halides is 2. The standard InChI is InChI=1S/C10H11F2NO/c1-7-4-3-5-13-8(7)6-9(14)10(2,11)12/h3-5H,6H2,1-2H3. The lowest BCUT2D eigenvalue weighted by Gasteiger charge is -2.09. The Labute approximate surface area is 81.0 Å². The van der Waals surface area contributed by atoms with Crippen molar-refractivity contribution in [1.82, 2.24) is 4.98 Å². The Morgan fingerprint density at radius 1 is 1.57 bits per heavy atom. The molecule has 4 heteroatoms. The number of Topliss-reactive ketones (excluding diaryl/α,β-unsaturated/α-hetero) is 1. The second-order valence-corrected chi connectivity index (χ2v) is 3.26. The molecule has 0 amide bonds. The Morgan fingerprint density at radius 3 is 2.71 bits per heavy atom. The van der Waals surface area contributed by atoms with Gasteiger partial charge >= 0.3 is 5.92 Å². The number of ketones is 1. The summed E-state index contributed by atoms with van der Waals surface area (Å²) in [5.41, 5.74) is 1.17. The normalized spacial score (nSPS) is 11.4. The molecule has 1 rings (SSSR count). The van der Waals surface area contributed by atoms with Gasteiger partial charge in [0.1, 0.15) is 0 Å². The van der Waals surface area contributed by atoms with Gasteiger partial charge in [0.2, 0.25) is 5.78 Å². The summed E-state index contributed by atoms with van der Waals surface area (Å²) >= 11 is 0. The Bertz CT molecular complexity index is 344. The smallest absolute Gasteiger partial charge is 0.293 e. The first-order valence-electron chi connectivity index (χ1n) is 4.23. The third kappa shape index (κ3) is 2.58. The van der Waals surface area contributed by atoms with Gasteiger partial charge < -0.3 is 0 Å². The van der Waals surface area contributed by atoms with Crippen LogP contribution >= 0.6 is 0 Å². The van der Waals surface area contributed by atoms with Gasteiger partial charge in [-0.05, 0) is 18.6 Å². The van der Waals surface area contributed by atoms with Gasteiger partial charge in [-0.15, -0.1) is 0 Å². The van der Waals surface area contributed by atoms with Gasteiger partial charge in [-0.2, -0.15) is 8.78 Å². The lowest BCUT2D eigenvalue weighted by molar-refractivity contribution is -0.139. The zero-order valence-corrected chi connectivity index (χ0v) is 8.05. The van der Waals surface area contributed by atoms with Crippen molar-refractivity contribution in [3.05, 3.63) is 29.6 Å². The fraction of sp³-hybridized carbons (Fsp3) is 0.400. The minimum absolute atomic E-state index is 0.309. The number of carbonyl (C=O) groups excluding carboxylic acids is 1. The topological polar surface area (TPSA) is 30.0 Å². The van der Waals surface area contributed by atoms with Crippen molar-refractivity contribution >= 4 is 5.78 Å². The number of aryl methyl sites for hydroxylation is 1. The number of pyridine rings is 1. The minimum atomic E-state index is -3.27. The van der Waals surface area contributed by atoms with Gasteiger partial charge in [0.15, 0.2) is 0 Å². The summed E-state index contributed by atoms with van der Waals surface area (Å²) in [6.45, 7) is 2.34. The van der Waals surface area contributed by atoms with Crippen LogP contribution in [-0.2, 0) is 11.2 Å². The molecule has 0 fully saturated rings. The van der Waals surface area contributed by atoms with Gasteiger partial charge in [-0.25, -0.2) is 0 Å². The number of hydrogen-bond acceptors (Lipinski definition) is 2. The molecule has 1 aromatic heterocycles. The number of hydrogen-bond donors (Lipinski definition) is 0. The molecule has 0 bridgehead atoms. The molecule has 1 heterocycles. The molecule has 0 N–H and O–H groups in total. The molecule has 76 valence electrons. The number of nitrogens with zero attached hydrogens (tertiary/aromatic N) is 1. The highest BCUT2D eigenvalue weighted by Crippen LogP contribution is 2.16. The maximum Gasteiger partial charge on any atom is 0.302 e. The Morgan fingerprint density at radius 2 is 2.21 bits per heavy atom. The van der Waals surface area contributed by atoms with Crippen LogP contribution in [0.4, 0.5) is 8.78 Å². The second-order valence-electron chi connectivity index (χ2n) is 3.26. The van der Waals surface area contributed by atoms with E-state index in [2.05, 4.69) is 4.98 Å². The summed E-state index contributed by atoms with van der Waals surface area (Å²) in [4.78, 5) is 14.9. The van der Waals surface area contributed by atoms with E-state index < -0.39 is 11.7 Å². The van der Waals surface area contributed by atoms with Crippen molar-refractivity contribution in [3.63, 3.8) is 0 Å². The fourth-order valence-corrected chi connectivity index (χ4v) is 1.01. The third-order valence-electron chi connectivity index (χ3n) is 1.94. The van der Waals surface area contributed by atoms with Crippen LogP contribution in [0.1, 0.15) is 18.2 Å². The largest absolute Gasteiger partial charge is 0.302 e. The van der Waals surface area contributed by atoms with Crippen LogP contribution in [-0.4, -0.2) is 16.7 Å². The lowest BCUT2D eigenvalue weighted by Crippen LogP contribution is -2.26. The molecule has 2 nitrogen and oxygen atoms in total. The van der Waals surface area contributed by atoms with E-state index in [9.17, 15) is 13.6 Å². The van der Waals surface area contributed by atoms with Crippen molar-refractivity contribution in [2.75, 3.05) is 0 Å². The maximum absolute atomic E-state index is 12.6. The van der Waals surface area contributed by atoms with Gasteiger partial charge in [0, 0.05) is 13.1 Å². The number of rotatable bonds is 3. The molecule has 0 saturated carbocycles. The van der Waals surface area contributed by atoms with Gasteiger partial charge in [0.25, 0.3) is 0 Å². The zero-order valence-electron chi connectivity index (χ0n) is 8.05. The van der Waals surface area contributed by atoms with E-state index >= 15 is 0 Å². The van der Waals surface area contributed by atoms with Crippen LogP contribution in [0.2, 0.25) is 0 Å². The highest BCUT2D eigenvalue weighted by atomic mass is 19.3. The lowest BCUT2D eigenvalue weighted by atomic mass is 10.1. The molecule has 0 radical (unpaired) electrons. The SMILES string of the molecule is Cc1cccnc1CC(=O)C(C)(F)F. The van der Waals surface area contributed by atoms with Crippen molar-refractivity contribution < 1.29 is 13.6 Å². The summed E-state index contributed by atoms with van der Waals surface area (Å²) in [5.74, 6) is -4.37. The van der Waals surface area contributed by atoms with E-state index in [1.54, 1.807) is 19.1 Å². The molecule has 0 spiro atoms. The van der Waals surface area contributed by atoms with E-state index in [0.29, 0.717) is 12.6 Å². The molecular formula is C10H11F2NO. The quantitative estimate of drug-likeness (QED) is 0.746. The molecule has 0 unspecified atom stereocenters. The van der Waals surface area contributed by atoms with Gasteiger partial charge in [0.05, 0.1) is 12.1 Å². The van der Waals surface area contributed by atoms with Crippen LogP contribution in [0.5, 0.6) is 0 Å². The molecule has 14 heavy (non-hydrogen) atoms. The van der Waals surface area contributed by atoms with Gasteiger partial charge in [-0.3, -0.25) is 9.78 Å². The predicted octanol–water partition coefficient (Wildman–Crippen LogP) is 2.16. The first kappa shape index (κ1) is 10.8. The Hall–Kier alpha value is -1.32. The molecule has 0 aliphatic rings. The number of aromatic nitrogens is 1. The van der Waals surface area contributed by atoms with Crippen LogP contribution in [0.15, 0.2) is 18.3 Å². The summed E-state index contributed by atoms with van der Waals surface area (Å²) in [5, 5.41) is 0. The summed E-state index contributed by atoms with van der Waals surface area (Å²) in [6, 6.07) is 3.44. The van der Waals surface area contributed by atoms with Crippen molar-refractivity contribution in [2.45, 2.75) is 26.2 Å². The van der Waals surface area contributed by atoms with Crippen molar-refractivity contribution in [2.24, 2.45) is 0 Å². The molecule has 0 saturated heterocycles. The molecule has 0 atom stereocenters. The first-order valence-corrected chi connectivity index (χ1v) is 4.23. The monoisotopic (exact) mass is 199 g/mol. The zero-order chi connectivity index (χ0) is 10.8. The average molecular weight is 199 g/mol. The minimum Gasteiger partial charge on any atom is -0.293 e. The Balaban J connectivity index is 2.80. The summed E-state index contributed by atoms with van der Waals surface area (Å²) in [7, 11) is 0. The van der Waals surface area contributed by atoms with E-state index in [-0.39, 0.29) is 6.42 Å². The average Bonchev–Trinajstić information content (AvgIpc) is 2.07. The number of halogens is 2. The third-order valence-corrected chi connectivity index (χ3v) is 1.94. The van der Waals surface area contributed by atoms with Crippen LogP contribution in [0.25, 0.3) is 0 Å². The molecule has 0 aromatic carbocycles. The maximum atomic E-state index is 12.6. The fourth-order valence-electron chi connectivity index (χ4n) is 1.01. The highest BCUT2D eigenvalue weighted by Gasteiger charge is 2.32. The molecule has 0 aliphatic heterocycles. The predicted molar refractivity (Wildman–Crippen MR) is 48.3 cm³/mol. The Kier molecular flexibility index (Phi) is 2.93. The summed E-state index contributed by atoms with van der Waals surface area (Å²) < 4.78 is 25.1. The molecular weight excluding hydrogens is 188 g/mol. The second kappa shape index (κ2) is 3.82. The molecule has 0 aliphatic carbocycles. The van der Waals surface area contributed by atoms with E-state index in [4.69, 9.17) is 0 Å². The van der Waals surface area contributed by atoms with Crippen molar-refractivity contribution in [1.29, 1.82) is 0 Å². The van der Waals surface area contributed by atoms with Crippen LogP contribution < -0.4 is 0 Å². The van der Waals surface area contributed by atoms with Crippen LogP contribution in [0.3, 0.4) is 0 Å². The van der Waals surface area contributed by atoms with E-state index in [1.807, 2.05) is 0 Å². The highest BCUT2D eigenvalue weighted by molar-refractivity contribution is 5.87. The van der Waals surface area contributed by atoms with Crippen molar-refractivity contribution in [3.8, 4) is 0 Å². The number of carbonyl (C=O) groups is 1. The summed E-state index contributed by atoms with van der Waals surface area (Å²) in [6.07, 6.45) is 1.18. The molecule has 1 aromatic rings.